The van der Waals surface area contributed by atoms with Gasteiger partial charge in [0.2, 0.25) is 5.91 Å². The summed E-state index contributed by atoms with van der Waals surface area (Å²) in [6.07, 6.45) is 0. The zero-order chi connectivity index (χ0) is 18.2. The SMILES string of the molecule is COc1cc(OC)cc(-c2ccc(C(=O)NCCNC(C)=O)cc2)c1. The van der Waals surface area contributed by atoms with Gasteiger partial charge in [-0.25, -0.2) is 0 Å². The highest BCUT2D eigenvalue weighted by Crippen LogP contribution is 2.29. The third kappa shape index (κ3) is 5.24. The number of carbonyl (C=O) groups is 2. The van der Waals surface area contributed by atoms with E-state index in [4.69, 9.17) is 9.47 Å². The van der Waals surface area contributed by atoms with Crippen molar-refractivity contribution in [2.75, 3.05) is 27.3 Å². The molecule has 2 N–H and O–H groups in total. The first-order chi connectivity index (χ1) is 12.0. The molecule has 0 heterocycles. The molecule has 0 bridgehead atoms. The number of methoxy groups -OCH3 is 2. The first-order valence-corrected chi connectivity index (χ1v) is 7.89. The Morgan fingerprint density at radius 1 is 0.840 bits per heavy atom. The average molecular weight is 342 g/mol. The van der Waals surface area contributed by atoms with Gasteiger partial charge < -0.3 is 20.1 Å². The molecule has 6 nitrogen and oxygen atoms in total. The molecule has 0 aliphatic rings. The Balaban J connectivity index is 2.06. The summed E-state index contributed by atoms with van der Waals surface area (Å²) >= 11 is 0. The van der Waals surface area contributed by atoms with E-state index >= 15 is 0 Å². The fraction of sp³-hybridized carbons (Fsp3) is 0.263. The molecule has 0 spiro atoms. The van der Waals surface area contributed by atoms with Crippen LogP contribution in [0.4, 0.5) is 0 Å². The van der Waals surface area contributed by atoms with Crippen LogP contribution >= 0.6 is 0 Å². The quantitative estimate of drug-likeness (QED) is 0.757. The molecule has 132 valence electrons. The van der Waals surface area contributed by atoms with Crippen molar-refractivity contribution in [3.8, 4) is 22.6 Å². The maximum Gasteiger partial charge on any atom is 0.251 e. The van der Waals surface area contributed by atoms with Crippen LogP contribution in [0.5, 0.6) is 11.5 Å². The number of benzene rings is 2. The summed E-state index contributed by atoms with van der Waals surface area (Å²) in [6, 6.07) is 12.9. The molecule has 0 aromatic heterocycles. The number of rotatable bonds is 7. The lowest BCUT2D eigenvalue weighted by Crippen LogP contribution is -2.33. The van der Waals surface area contributed by atoms with Crippen molar-refractivity contribution in [3.63, 3.8) is 0 Å². The third-order valence-corrected chi connectivity index (χ3v) is 3.62. The van der Waals surface area contributed by atoms with Gasteiger partial charge in [-0.05, 0) is 35.4 Å². The molecule has 2 rings (SSSR count). The first-order valence-electron chi connectivity index (χ1n) is 7.89. The topological polar surface area (TPSA) is 76.7 Å². The van der Waals surface area contributed by atoms with Gasteiger partial charge in [-0.2, -0.15) is 0 Å². The normalized spacial score (nSPS) is 10.0. The van der Waals surface area contributed by atoms with E-state index in [1.54, 1.807) is 32.4 Å². The van der Waals surface area contributed by atoms with Gasteiger partial charge in [0.05, 0.1) is 14.2 Å². The maximum atomic E-state index is 12.1. The van der Waals surface area contributed by atoms with Crippen LogP contribution in [0, 0.1) is 0 Å². The van der Waals surface area contributed by atoms with E-state index < -0.39 is 0 Å². The minimum absolute atomic E-state index is 0.118. The highest BCUT2D eigenvalue weighted by molar-refractivity contribution is 5.94. The van der Waals surface area contributed by atoms with Crippen LogP contribution < -0.4 is 20.1 Å². The average Bonchev–Trinajstić information content (AvgIpc) is 2.64. The molecule has 0 saturated heterocycles. The zero-order valence-electron chi connectivity index (χ0n) is 14.6. The zero-order valence-corrected chi connectivity index (χ0v) is 14.6. The van der Waals surface area contributed by atoms with Gasteiger partial charge in [0.1, 0.15) is 11.5 Å². The minimum Gasteiger partial charge on any atom is -0.497 e. The standard InChI is InChI=1S/C19H22N2O4/c1-13(22)20-8-9-21-19(23)15-6-4-14(5-7-15)16-10-17(24-2)12-18(11-16)25-3/h4-7,10-12H,8-9H2,1-3H3,(H,20,22)(H,21,23). The molecule has 0 unspecified atom stereocenters. The fourth-order valence-corrected chi connectivity index (χ4v) is 2.30. The van der Waals surface area contributed by atoms with Crippen LogP contribution in [-0.2, 0) is 4.79 Å². The van der Waals surface area contributed by atoms with Crippen molar-refractivity contribution in [1.82, 2.24) is 10.6 Å². The third-order valence-electron chi connectivity index (χ3n) is 3.62. The van der Waals surface area contributed by atoms with E-state index in [1.165, 1.54) is 6.92 Å². The summed E-state index contributed by atoms with van der Waals surface area (Å²) in [5, 5.41) is 5.38. The molecule has 0 atom stereocenters. The second-order valence-corrected chi connectivity index (χ2v) is 5.42. The van der Waals surface area contributed by atoms with Crippen LogP contribution in [-0.4, -0.2) is 39.1 Å². The molecule has 0 radical (unpaired) electrons. The van der Waals surface area contributed by atoms with Crippen molar-refractivity contribution in [2.24, 2.45) is 0 Å². The Bertz CT molecular complexity index is 719. The Morgan fingerprint density at radius 2 is 1.40 bits per heavy atom. The predicted molar refractivity (Wildman–Crippen MR) is 96.0 cm³/mol. The van der Waals surface area contributed by atoms with Crippen molar-refractivity contribution in [2.45, 2.75) is 6.92 Å². The smallest absolute Gasteiger partial charge is 0.251 e. The summed E-state index contributed by atoms with van der Waals surface area (Å²) in [7, 11) is 3.21. The van der Waals surface area contributed by atoms with Crippen molar-refractivity contribution in [1.29, 1.82) is 0 Å². The molecule has 2 amide bonds. The van der Waals surface area contributed by atoms with E-state index in [0.29, 0.717) is 30.2 Å². The fourth-order valence-electron chi connectivity index (χ4n) is 2.30. The highest BCUT2D eigenvalue weighted by Gasteiger charge is 2.07. The first kappa shape index (κ1) is 18.3. The predicted octanol–water partition coefficient (Wildman–Crippen LogP) is 2.24. The molecule has 0 aliphatic heterocycles. The minimum atomic E-state index is -0.180. The number of hydrogen-bond donors (Lipinski definition) is 2. The number of carbonyl (C=O) groups excluding carboxylic acids is 2. The number of amides is 2. The Kier molecular flexibility index (Phi) is 6.39. The largest absolute Gasteiger partial charge is 0.497 e. The lowest BCUT2D eigenvalue weighted by Gasteiger charge is -2.10. The van der Waals surface area contributed by atoms with Gasteiger partial charge >= 0.3 is 0 Å². The molecule has 0 fully saturated rings. The Labute approximate surface area is 147 Å². The van der Waals surface area contributed by atoms with Gasteiger partial charge in [-0.1, -0.05) is 12.1 Å². The summed E-state index contributed by atoms with van der Waals surface area (Å²) in [5.41, 5.74) is 2.45. The summed E-state index contributed by atoms with van der Waals surface area (Å²) < 4.78 is 10.6. The van der Waals surface area contributed by atoms with Gasteiger partial charge in [-0.15, -0.1) is 0 Å². The van der Waals surface area contributed by atoms with Crippen LogP contribution in [0.25, 0.3) is 11.1 Å². The summed E-state index contributed by atoms with van der Waals surface area (Å²) in [4.78, 5) is 22.9. The van der Waals surface area contributed by atoms with E-state index in [0.717, 1.165) is 11.1 Å². The van der Waals surface area contributed by atoms with Crippen molar-refractivity contribution in [3.05, 3.63) is 48.0 Å². The van der Waals surface area contributed by atoms with Gasteiger partial charge in [0.15, 0.2) is 0 Å². The second kappa shape index (κ2) is 8.73. The molecule has 25 heavy (non-hydrogen) atoms. The maximum absolute atomic E-state index is 12.1. The highest BCUT2D eigenvalue weighted by atomic mass is 16.5. The number of ether oxygens (including phenoxy) is 2. The summed E-state index contributed by atoms with van der Waals surface area (Å²) in [6.45, 7) is 2.23. The number of hydrogen-bond acceptors (Lipinski definition) is 4. The second-order valence-electron chi connectivity index (χ2n) is 5.42. The van der Waals surface area contributed by atoms with Crippen molar-refractivity contribution >= 4 is 11.8 Å². The Hall–Kier alpha value is -3.02. The van der Waals surface area contributed by atoms with Gasteiger partial charge in [0, 0.05) is 31.6 Å². The van der Waals surface area contributed by atoms with Gasteiger partial charge in [-0.3, -0.25) is 9.59 Å². The molecule has 0 saturated carbocycles. The molecule has 2 aromatic carbocycles. The van der Waals surface area contributed by atoms with Crippen molar-refractivity contribution < 1.29 is 19.1 Å². The van der Waals surface area contributed by atoms with Crippen LogP contribution in [0.15, 0.2) is 42.5 Å². The van der Waals surface area contributed by atoms with Crippen LogP contribution in [0.2, 0.25) is 0 Å². The van der Waals surface area contributed by atoms with E-state index in [9.17, 15) is 9.59 Å². The van der Waals surface area contributed by atoms with Gasteiger partial charge in [0.25, 0.3) is 5.91 Å². The van der Waals surface area contributed by atoms with E-state index in [2.05, 4.69) is 10.6 Å². The lowest BCUT2D eigenvalue weighted by molar-refractivity contribution is -0.118. The monoisotopic (exact) mass is 342 g/mol. The van der Waals surface area contributed by atoms with Crippen LogP contribution in [0.1, 0.15) is 17.3 Å². The summed E-state index contributed by atoms with van der Waals surface area (Å²) in [5.74, 6) is 1.11. The molecule has 0 aliphatic carbocycles. The Morgan fingerprint density at radius 3 is 1.92 bits per heavy atom. The lowest BCUT2D eigenvalue weighted by atomic mass is 10.0. The van der Waals surface area contributed by atoms with Crippen LogP contribution in [0.3, 0.4) is 0 Å². The molecule has 2 aromatic rings. The van der Waals surface area contributed by atoms with E-state index in [1.807, 2.05) is 24.3 Å². The van der Waals surface area contributed by atoms with E-state index in [-0.39, 0.29) is 11.8 Å². The molecular weight excluding hydrogens is 320 g/mol. The molecule has 6 heteroatoms. The molecular formula is C19H22N2O4. The number of nitrogens with one attached hydrogen (secondary N) is 2.